The second-order valence-electron chi connectivity index (χ2n) is 4.90. The van der Waals surface area contributed by atoms with Crippen LogP contribution in [0.3, 0.4) is 0 Å². The number of ether oxygens (including phenoxy) is 3. The lowest BCUT2D eigenvalue weighted by Crippen LogP contribution is -2.11. The van der Waals surface area contributed by atoms with Crippen LogP contribution in [0.15, 0.2) is 36.4 Å². The van der Waals surface area contributed by atoms with Crippen molar-refractivity contribution < 1.29 is 23.8 Å². The van der Waals surface area contributed by atoms with Crippen LogP contribution in [0.4, 0.5) is 0 Å². The van der Waals surface area contributed by atoms with Crippen LogP contribution in [0.25, 0.3) is 0 Å². The summed E-state index contributed by atoms with van der Waals surface area (Å²) in [5.41, 5.74) is 0.366. The highest BCUT2D eigenvalue weighted by Gasteiger charge is 2.20. The molecular weight excluding hydrogens is 379 g/mol. The fraction of sp³-hybridized carbons (Fsp3) is 0.158. The first-order valence-corrected chi connectivity index (χ1v) is 8.26. The van der Waals surface area contributed by atoms with Crippen LogP contribution in [0.5, 0.6) is 11.5 Å². The van der Waals surface area contributed by atoms with Crippen molar-refractivity contribution in [3.63, 3.8) is 0 Å². The van der Waals surface area contributed by atoms with E-state index in [0.29, 0.717) is 5.02 Å². The summed E-state index contributed by atoms with van der Waals surface area (Å²) >= 11 is 12.1. The average Bonchev–Trinajstić information content (AvgIpc) is 2.62. The molecule has 0 aliphatic carbocycles. The third-order valence-corrected chi connectivity index (χ3v) is 3.60. The Balaban J connectivity index is 2.34. The summed E-state index contributed by atoms with van der Waals surface area (Å²) in [5, 5.41) is 0.404. The molecule has 0 N–H and O–H groups in total. The number of terminal acetylenes is 1. The summed E-state index contributed by atoms with van der Waals surface area (Å²) in [4.78, 5) is 24.3. The molecule has 0 radical (unpaired) electrons. The Morgan fingerprint density at radius 3 is 2.54 bits per heavy atom. The van der Waals surface area contributed by atoms with Crippen molar-refractivity contribution in [2.24, 2.45) is 0 Å². The Hall–Kier alpha value is -2.68. The van der Waals surface area contributed by atoms with E-state index in [4.69, 9.17) is 43.8 Å². The molecule has 0 bridgehead atoms. The summed E-state index contributed by atoms with van der Waals surface area (Å²) in [6.45, 7) is 1.83. The van der Waals surface area contributed by atoms with E-state index in [1.54, 1.807) is 25.1 Å². The molecule has 0 aromatic heterocycles. The molecule has 0 aliphatic heterocycles. The zero-order chi connectivity index (χ0) is 19.1. The highest BCUT2D eigenvalue weighted by molar-refractivity contribution is 6.33. The molecule has 2 aromatic carbocycles. The van der Waals surface area contributed by atoms with Crippen LogP contribution in [0.1, 0.15) is 27.6 Å². The van der Waals surface area contributed by atoms with Crippen molar-refractivity contribution in [2.75, 3.05) is 13.2 Å². The highest BCUT2D eigenvalue weighted by atomic mass is 35.5. The smallest absolute Gasteiger partial charge is 0.343 e. The van der Waals surface area contributed by atoms with Gasteiger partial charge in [-0.15, -0.1) is 6.42 Å². The van der Waals surface area contributed by atoms with Crippen molar-refractivity contribution in [1.82, 2.24) is 0 Å². The highest BCUT2D eigenvalue weighted by Crippen LogP contribution is 2.37. The summed E-state index contributed by atoms with van der Waals surface area (Å²) in [7, 11) is 0. The Kier molecular flexibility index (Phi) is 6.90. The molecule has 0 aliphatic rings. The quantitative estimate of drug-likeness (QED) is 0.414. The minimum atomic E-state index is -0.669. The van der Waals surface area contributed by atoms with E-state index in [0.717, 1.165) is 0 Å². The van der Waals surface area contributed by atoms with Crippen molar-refractivity contribution in [3.05, 3.63) is 57.6 Å². The molecule has 0 saturated heterocycles. The largest absolute Gasteiger partial charge is 0.490 e. The monoisotopic (exact) mass is 392 g/mol. The van der Waals surface area contributed by atoms with E-state index < -0.39 is 11.9 Å². The first-order chi connectivity index (χ1) is 12.5. The standard InChI is InChI=1S/C19H14Cl2O5/c1-3-8-25-18(22)13-10-15(21)17(16(11-13)24-4-2)26-19(23)12-6-5-7-14(20)9-12/h1,5-7,9-11H,4,8H2,2H3. The van der Waals surface area contributed by atoms with Crippen molar-refractivity contribution >= 4 is 35.1 Å². The van der Waals surface area contributed by atoms with E-state index in [9.17, 15) is 9.59 Å². The minimum absolute atomic E-state index is 0.00741. The molecule has 0 fully saturated rings. The number of carbonyl (C=O) groups excluding carboxylic acids is 2. The summed E-state index contributed by atoms with van der Waals surface area (Å²) < 4.78 is 15.6. The number of hydrogen-bond donors (Lipinski definition) is 0. The average molecular weight is 393 g/mol. The molecule has 0 saturated carbocycles. The third kappa shape index (κ3) is 4.92. The van der Waals surface area contributed by atoms with E-state index >= 15 is 0 Å². The molecule has 0 heterocycles. The van der Waals surface area contributed by atoms with Crippen LogP contribution in [-0.4, -0.2) is 25.2 Å². The normalized spacial score (nSPS) is 9.92. The lowest BCUT2D eigenvalue weighted by atomic mass is 10.2. The molecule has 2 rings (SSSR count). The first-order valence-electron chi connectivity index (χ1n) is 7.51. The van der Waals surface area contributed by atoms with Gasteiger partial charge < -0.3 is 14.2 Å². The van der Waals surface area contributed by atoms with Gasteiger partial charge in [-0.3, -0.25) is 0 Å². The summed E-state index contributed by atoms with van der Waals surface area (Å²) in [5.74, 6) is 0.979. The lowest BCUT2D eigenvalue weighted by molar-refractivity contribution is 0.0556. The maximum absolute atomic E-state index is 12.3. The number of carbonyl (C=O) groups is 2. The lowest BCUT2D eigenvalue weighted by Gasteiger charge is -2.14. The second kappa shape index (κ2) is 9.14. The van der Waals surface area contributed by atoms with Gasteiger partial charge in [0.25, 0.3) is 0 Å². The van der Waals surface area contributed by atoms with Gasteiger partial charge in [0.05, 0.1) is 22.8 Å². The molecule has 7 heteroatoms. The van der Waals surface area contributed by atoms with Crippen molar-refractivity contribution in [3.8, 4) is 23.8 Å². The molecule has 0 atom stereocenters. The van der Waals surface area contributed by atoms with E-state index in [2.05, 4.69) is 5.92 Å². The summed E-state index contributed by atoms with van der Waals surface area (Å²) in [6, 6.07) is 8.94. The Labute approximate surface area is 160 Å². The second-order valence-corrected chi connectivity index (χ2v) is 5.74. The number of rotatable bonds is 6. The number of hydrogen-bond acceptors (Lipinski definition) is 5. The predicted octanol–water partition coefficient (Wildman–Crippen LogP) is 4.40. The van der Waals surface area contributed by atoms with E-state index in [1.165, 1.54) is 18.2 Å². The Morgan fingerprint density at radius 2 is 1.88 bits per heavy atom. The van der Waals surface area contributed by atoms with Gasteiger partial charge in [0.15, 0.2) is 18.1 Å². The van der Waals surface area contributed by atoms with Gasteiger partial charge in [-0.2, -0.15) is 0 Å². The SMILES string of the molecule is C#CCOC(=O)c1cc(Cl)c(OC(=O)c2cccc(Cl)c2)c(OCC)c1. The predicted molar refractivity (Wildman–Crippen MR) is 98.1 cm³/mol. The van der Waals surface area contributed by atoms with Gasteiger partial charge in [0, 0.05) is 5.02 Å². The van der Waals surface area contributed by atoms with Crippen LogP contribution >= 0.6 is 23.2 Å². The van der Waals surface area contributed by atoms with E-state index in [-0.39, 0.29) is 40.9 Å². The maximum atomic E-state index is 12.3. The molecule has 26 heavy (non-hydrogen) atoms. The molecule has 0 amide bonds. The number of halogens is 2. The molecule has 134 valence electrons. The van der Waals surface area contributed by atoms with Crippen LogP contribution in [-0.2, 0) is 4.74 Å². The fourth-order valence-electron chi connectivity index (χ4n) is 2.01. The maximum Gasteiger partial charge on any atom is 0.343 e. The minimum Gasteiger partial charge on any atom is -0.490 e. The van der Waals surface area contributed by atoms with Gasteiger partial charge in [0.1, 0.15) is 0 Å². The zero-order valence-electron chi connectivity index (χ0n) is 13.8. The molecule has 5 nitrogen and oxygen atoms in total. The fourth-order valence-corrected chi connectivity index (χ4v) is 2.44. The topological polar surface area (TPSA) is 61.8 Å². The van der Waals surface area contributed by atoms with Gasteiger partial charge >= 0.3 is 11.9 Å². The van der Waals surface area contributed by atoms with Crippen LogP contribution in [0, 0.1) is 12.3 Å². The van der Waals surface area contributed by atoms with Crippen molar-refractivity contribution in [1.29, 1.82) is 0 Å². The van der Waals surface area contributed by atoms with Gasteiger partial charge in [-0.05, 0) is 37.3 Å². The first kappa shape index (κ1) is 19.6. The van der Waals surface area contributed by atoms with Crippen LogP contribution < -0.4 is 9.47 Å². The van der Waals surface area contributed by atoms with Crippen molar-refractivity contribution in [2.45, 2.75) is 6.92 Å². The van der Waals surface area contributed by atoms with Gasteiger partial charge in [-0.1, -0.05) is 35.2 Å². The van der Waals surface area contributed by atoms with E-state index in [1.807, 2.05) is 0 Å². The molecular formula is C19H14Cl2O5. The number of benzene rings is 2. The van der Waals surface area contributed by atoms with Gasteiger partial charge in [0.2, 0.25) is 0 Å². The molecule has 0 unspecified atom stereocenters. The molecule has 0 spiro atoms. The Morgan fingerprint density at radius 1 is 1.12 bits per heavy atom. The third-order valence-electron chi connectivity index (χ3n) is 3.09. The zero-order valence-corrected chi connectivity index (χ0v) is 15.3. The van der Waals surface area contributed by atoms with Gasteiger partial charge in [-0.25, -0.2) is 9.59 Å². The number of esters is 2. The Bertz CT molecular complexity index is 871. The van der Waals surface area contributed by atoms with Crippen LogP contribution in [0.2, 0.25) is 10.0 Å². The summed E-state index contributed by atoms with van der Waals surface area (Å²) in [6.07, 6.45) is 5.06. The molecule has 2 aromatic rings.